The van der Waals surface area contributed by atoms with Gasteiger partial charge in [0.2, 0.25) is 11.8 Å². The van der Waals surface area contributed by atoms with Crippen LogP contribution < -0.4 is 15.4 Å². The molecule has 0 aliphatic carbocycles. The first-order chi connectivity index (χ1) is 15.1. The minimum atomic E-state index is -0.373. The molecule has 2 aromatic heterocycles. The van der Waals surface area contributed by atoms with Crippen molar-refractivity contribution in [2.75, 3.05) is 23.8 Å². The second-order valence-corrected chi connectivity index (χ2v) is 7.67. The van der Waals surface area contributed by atoms with Gasteiger partial charge in [-0.1, -0.05) is 23.7 Å². The smallest absolute Gasteiger partial charge is 0.219 e. The predicted octanol–water partition coefficient (Wildman–Crippen LogP) is 4.97. The van der Waals surface area contributed by atoms with E-state index in [9.17, 15) is 4.39 Å². The van der Waals surface area contributed by atoms with Crippen LogP contribution in [-0.4, -0.2) is 34.2 Å². The van der Waals surface area contributed by atoms with Crippen molar-refractivity contribution in [3.05, 3.63) is 71.1 Å². The Labute approximate surface area is 182 Å². The lowest BCUT2D eigenvalue weighted by Crippen LogP contribution is -2.40. The molecule has 0 amide bonds. The average molecular weight is 440 g/mol. The van der Waals surface area contributed by atoms with Crippen LogP contribution in [0.3, 0.4) is 0 Å². The Morgan fingerprint density at radius 3 is 2.71 bits per heavy atom. The topological polar surface area (TPSA) is 84.1 Å². The van der Waals surface area contributed by atoms with Crippen LogP contribution in [0, 0.1) is 5.82 Å². The molecule has 0 radical (unpaired) electrons. The lowest BCUT2D eigenvalue weighted by Gasteiger charge is -2.27. The fourth-order valence-corrected chi connectivity index (χ4v) is 3.31. The Kier molecular flexibility index (Phi) is 5.31. The highest BCUT2D eigenvalue weighted by molar-refractivity contribution is 6.30. The molecule has 0 saturated carbocycles. The van der Waals surface area contributed by atoms with E-state index in [1.54, 1.807) is 12.1 Å². The molecule has 31 heavy (non-hydrogen) atoms. The Balaban J connectivity index is 1.22. The van der Waals surface area contributed by atoms with E-state index in [-0.39, 0.29) is 11.9 Å². The van der Waals surface area contributed by atoms with Crippen LogP contribution in [0.2, 0.25) is 5.02 Å². The maximum absolute atomic E-state index is 14.4. The molecule has 0 spiro atoms. The highest BCUT2D eigenvalue weighted by Crippen LogP contribution is 2.25. The summed E-state index contributed by atoms with van der Waals surface area (Å²) in [6, 6.07) is 14.5. The Morgan fingerprint density at radius 2 is 2.00 bits per heavy atom. The van der Waals surface area contributed by atoms with Crippen LogP contribution in [0.15, 0.2) is 54.7 Å². The van der Waals surface area contributed by atoms with Crippen LogP contribution in [0.5, 0.6) is 11.6 Å². The molecule has 1 saturated heterocycles. The monoisotopic (exact) mass is 439 g/mol. The fraction of sp³-hybridized carbons (Fsp3) is 0.182. The SMILES string of the molecule is Fc1cc(NC2COC2)cc2[nH]c(NCc3ccc(Oc4ccc(Cl)cn4)cc3)nc12. The fourth-order valence-electron chi connectivity index (χ4n) is 3.20. The summed E-state index contributed by atoms with van der Waals surface area (Å²) in [5, 5.41) is 7.00. The Bertz CT molecular complexity index is 1190. The van der Waals surface area contributed by atoms with E-state index >= 15 is 0 Å². The minimum absolute atomic E-state index is 0.222. The largest absolute Gasteiger partial charge is 0.439 e. The number of aromatic nitrogens is 3. The molecule has 2 aromatic carbocycles. The molecule has 3 N–H and O–H groups in total. The van der Waals surface area contributed by atoms with Gasteiger partial charge in [-0.3, -0.25) is 0 Å². The highest BCUT2D eigenvalue weighted by atomic mass is 35.5. The van der Waals surface area contributed by atoms with E-state index in [0.29, 0.717) is 59.1 Å². The lowest BCUT2D eigenvalue weighted by molar-refractivity contribution is 0.0211. The lowest BCUT2D eigenvalue weighted by atomic mass is 10.2. The number of benzene rings is 2. The standard InChI is InChI=1S/C22H19ClFN5O2/c23-14-3-6-20(25-10-14)31-17-4-1-13(2-5-17)9-26-22-28-19-8-15(27-16-11-30-12-16)7-18(24)21(19)29-22/h1-8,10,16,27H,9,11-12H2,(H2,26,28,29). The van der Waals surface area contributed by atoms with E-state index in [1.165, 1.54) is 12.3 Å². The van der Waals surface area contributed by atoms with Crippen molar-refractivity contribution < 1.29 is 13.9 Å². The zero-order chi connectivity index (χ0) is 21.2. The van der Waals surface area contributed by atoms with Crippen molar-refractivity contribution in [3.63, 3.8) is 0 Å². The summed E-state index contributed by atoms with van der Waals surface area (Å²) in [6.45, 7) is 1.79. The van der Waals surface area contributed by atoms with Gasteiger partial charge in [0.1, 0.15) is 11.3 Å². The third-order valence-electron chi connectivity index (χ3n) is 4.85. The predicted molar refractivity (Wildman–Crippen MR) is 117 cm³/mol. The Morgan fingerprint density at radius 1 is 1.16 bits per heavy atom. The molecule has 0 bridgehead atoms. The number of nitrogens with zero attached hydrogens (tertiary/aromatic N) is 2. The normalized spacial score (nSPS) is 13.7. The molecule has 5 rings (SSSR count). The molecule has 9 heteroatoms. The minimum Gasteiger partial charge on any atom is -0.439 e. The van der Waals surface area contributed by atoms with Gasteiger partial charge in [-0.15, -0.1) is 0 Å². The van der Waals surface area contributed by atoms with Crippen LogP contribution in [0.4, 0.5) is 16.0 Å². The van der Waals surface area contributed by atoms with Crippen LogP contribution in [0.25, 0.3) is 11.0 Å². The summed E-state index contributed by atoms with van der Waals surface area (Å²) in [4.78, 5) is 11.6. The molecular weight excluding hydrogens is 421 g/mol. The number of ether oxygens (including phenoxy) is 2. The van der Waals surface area contributed by atoms with E-state index < -0.39 is 0 Å². The van der Waals surface area contributed by atoms with Crippen LogP contribution in [0.1, 0.15) is 5.56 Å². The zero-order valence-electron chi connectivity index (χ0n) is 16.4. The van der Waals surface area contributed by atoms with Crippen LogP contribution >= 0.6 is 11.6 Å². The number of nitrogens with one attached hydrogen (secondary N) is 3. The molecule has 1 aliphatic heterocycles. The van der Waals surface area contributed by atoms with Gasteiger partial charge in [0.25, 0.3) is 0 Å². The van der Waals surface area contributed by atoms with Crippen molar-refractivity contribution in [2.45, 2.75) is 12.6 Å². The highest BCUT2D eigenvalue weighted by Gasteiger charge is 2.19. The van der Waals surface area contributed by atoms with Crippen molar-refractivity contribution in [2.24, 2.45) is 0 Å². The number of fused-ring (bicyclic) bond motifs is 1. The maximum Gasteiger partial charge on any atom is 0.219 e. The van der Waals surface area contributed by atoms with Crippen molar-refractivity contribution in [1.29, 1.82) is 0 Å². The number of halogens is 2. The third kappa shape index (κ3) is 4.55. The van der Waals surface area contributed by atoms with Crippen molar-refractivity contribution in [1.82, 2.24) is 15.0 Å². The van der Waals surface area contributed by atoms with Gasteiger partial charge in [-0.25, -0.2) is 14.4 Å². The van der Waals surface area contributed by atoms with Gasteiger partial charge in [0.15, 0.2) is 5.82 Å². The zero-order valence-corrected chi connectivity index (χ0v) is 17.1. The van der Waals surface area contributed by atoms with Gasteiger partial charge < -0.3 is 25.1 Å². The van der Waals surface area contributed by atoms with Gasteiger partial charge in [0.05, 0.1) is 29.8 Å². The first kappa shape index (κ1) is 19.6. The molecule has 1 aliphatic rings. The second-order valence-electron chi connectivity index (χ2n) is 7.23. The van der Waals surface area contributed by atoms with E-state index in [4.69, 9.17) is 21.1 Å². The summed E-state index contributed by atoms with van der Waals surface area (Å²) in [6.07, 6.45) is 1.53. The molecule has 158 valence electrons. The summed E-state index contributed by atoms with van der Waals surface area (Å²) >= 11 is 5.83. The first-order valence-electron chi connectivity index (χ1n) is 9.78. The molecule has 3 heterocycles. The summed E-state index contributed by atoms with van der Waals surface area (Å²) in [5.41, 5.74) is 2.66. The number of imidazole rings is 1. The van der Waals surface area contributed by atoms with E-state index in [0.717, 1.165) is 5.56 Å². The number of hydrogen-bond acceptors (Lipinski definition) is 6. The van der Waals surface area contributed by atoms with E-state index in [1.807, 2.05) is 30.3 Å². The number of H-pyrrole nitrogens is 1. The van der Waals surface area contributed by atoms with Gasteiger partial charge >= 0.3 is 0 Å². The van der Waals surface area contributed by atoms with Crippen molar-refractivity contribution in [3.8, 4) is 11.6 Å². The van der Waals surface area contributed by atoms with Gasteiger partial charge in [0, 0.05) is 24.5 Å². The summed E-state index contributed by atoms with van der Waals surface area (Å²) in [5.74, 6) is 1.27. The summed E-state index contributed by atoms with van der Waals surface area (Å²) in [7, 11) is 0. The van der Waals surface area contributed by atoms with Gasteiger partial charge in [-0.2, -0.15) is 0 Å². The quantitative estimate of drug-likeness (QED) is 0.377. The molecule has 1 fully saturated rings. The number of aromatic amines is 1. The van der Waals surface area contributed by atoms with Gasteiger partial charge in [-0.05, 0) is 35.9 Å². The second kappa shape index (κ2) is 8.41. The first-order valence-corrected chi connectivity index (χ1v) is 10.2. The van der Waals surface area contributed by atoms with Crippen LogP contribution in [-0.2, 0) is 11.3 Å². The molecule has 4 aromatic rings. The Hall–Kier alpha value is -3.36. The molecular formula is C22H19ClFN5O2. The molecule has 0 unspecified atom stereocenters. The molecule has 0 atom stereocenters. The number of anilines is 2. The number of hydrogen-bond donors (Lipinski definition) is 3. The molecule has 7 nitrogen and oxygen atoms in total. The average Bonchev–Trinajstić information content (AvgIpc) is 3.16. The number of pyridine rings is 1. The third-order valence-corrected chi connectivity index (χ3v) is 5.08. The van der Waals surface area contributed by atoms with E-state index in [2.05, 4.69) is 25.6 Å². The number of rotatable bonds is 7. The maximum atomic E-state index is 14.4. The summed E-state index contributed by atoms with van der Waals surface area (Å²) < 4.78 is 25.3. The van der Waals surface area contributed by atoms with Crippen molar-refractivity contribution >= 4 is 34.3 Å².